The van der Waals surface area contributed by atoms with E-state index in [1.54, 1.807) is 0 Å². The highest BCUT2D eigenvalue weighted by Gasteiger charge is 2.28. The molecule has 2 rings (SSSR count). The van der Waals surface area contributed by atoms with Gasteiger partial charge in [-0.25, -0.2) is 8.42 Å². The molecule has 1 unspecified atom stereocenters. The quantitative estimate of drug-likeness (QED) is 0.445. The average Bonchev–Trinajstić information content (AvgIpc) is 2.71. The van der Waals surface area contributed by atoms with Crippen LogP contribution in [-0.4, -0.2) is 86.4 Å². The summed E-state index contributed by atoms with van der Waals surface area (Å²) in [6.07, 6.45) is -0.659. The molecule has 1 saturated heterocycles. The molecule has 30 heavy (non-hydrogen) atoms. The maximum Gasteiger partial charge on any atom is 0.216 e. The van der Waals surface area contributed by atoms with Crippen molar-refractivity contribution in [2.75, 3.05) is 51.6 Å². The first kappa shape index (κ1) is 24.6. The standard InChI is InChI=1S/C21H36N4O4S/c1-5-22-21(23-16-20(26)19-8-6-18(4)7-9-19)24-10-12-25(13-11-24)30(27,28)15-14-29-17(2)3/h6-9,17,20,26H,5,10-16H2,1-4H3,(H,22,23). The Balaban J connectivity index is 1.93. The third kappa shape index (κ3) is 7.54. The second-order valence-electron chi connectivity index (χ2n) is 7.74. The Kier molecular flexibility index (Phi) is 9.54. The van der Waals surface area contributed by atoms with E-state index in [4.69, 9.17) is 4.74 Å². The molecule has 0 radical (unpaired) electrons. The third-order valence-corrected chi connectivity index (χ3v) is 6.77. The second kappa shape index (κ2) is 11.6. The highest BCUT2D eigenvalue weighted by molar-refractivity contribution is 7.89. The molecule has 1 aromatic rings. The molecule has 1 heterocycles. The van der Waals surface area contributed by atoms with Crippen LogP contribution in [0.5, 0.6) is 0 Å². The molecule has 0 saturated carbocycles. The smallest absolute Gasteiger partial charge is 0.216 e. The minimum Gasteiger partial charge on any atom is -0.386 e. The van der Waals surface area contributed by atoms with E-state index in [0.717, 1.165) is 11.1 Å². The number of sulfonamides is 1. The number of ether oxygens (including phenoxy) is 1. The molecule has 0 amide bonds. The number of aliphatic hydroxyl groups excluding tert-OH is 1. The van der Waals surface area contributed by atoms with Crippen LogP contribution in [0.15, 0.2) is 29.3 Å². The Hall–Kier alpha value is -1.68. The molecule has 0 aliphatic carbocycles. The number of rotatable bonds is 9. The first-order chi connectivity index (χ1) is 14.2. The highest BCUT2D eigenvalue weighted by atomic mass is 32.2. The van der Waals surface area contributed by atoms with Gasteiger partial charge in [0.05, 0.1) is 31.1 Å². The molecule has 0 bridgehead atoms. The third-order valence-electron chi connectivity index (χ3n) is 4.94. The predicted octanol–water partition coefficient (Wildman–Crippen LogP) is 1.37. The monoisotopic (exact) mass is 440 g/mol. The van der Waals surface area contributed by atoms with Gasteiger partial charge >= 0.3 is 0 Å². The molecule has 1 atom stereocenters. The van der Waals surface area contributed by atoms with E-state index in [2.05, 4.69) is 10.3 Å². The Morgan fingerprint density at radius 3 is 2.40 bits per heavy atom. The van der Waals surface area contributed by atoms with Gasteiger partial charge < -0.3 is 20.1 Å². The van der Waals surface area contributed by atoms with E-state index in [1.165, 1.54) is 4.31 Å². The van der Waals surface area contributed by atoms with Gasteiger partial charge in [-0.2, -0.15) is 4.31 Å². The lowest BCUT2D eigenvalue weighted by molar-refractivity contribution is 0.0904. The largest absolute Gasteiger partial charge is 0.386 e. The molecule has 1 aromatic carbocycles. The van der Waals surface area contributed by atoms with E-state index >= 15 is 0 Å². The van der Waals surface area contributed by atoms with Crippen LogP contribution in [-0.2, 0) is 14.8 Å². The van der Waals surface area contributed by atoms with Crippen molar-refractivity contribution >= 4 is 16.0 Å². The zero-order valence-corrected chi connectivity index (χ0v) is 19.4. The lowest BCUT2D eigenvalue weighted by Gasteiger charge is -2.36. The minimum absolute atomic E-state index is 0.00206. The van der Waals surface area contributed by atoms with Crippen LogP contribution >= 0.6 is 0 Å². The topological polar surface area (TPSA) is 94.5 Å². The van der Waals surface area contributed by atoms with E-state index < -0.39 is 16.1 Å². The molecule has 1 aliphatic rings. The van der Waals surface area contributed by atoms with Gasteiger partial charge in [0, 0.05) is 32.7 Å². The van der Waals surface area contributed by atoms with Gasteiger partial charge in [-0.15, -0.1) is 0 Å². The van der Waals surface area contributed by atoms with E-state index in [9.17, 15) is 13.5 Å². The Morgan fingerprint density at radius 2 is 1.83 bits per heavy atom. The Bertz CT molecular complexity index is 773. The molecule has 1 aliphatic heterocycles. The number of hydrogen-bond donors (Lipinski definition) is 2. The molecule has 0 spiro atoms. The van der Waals surface area contributed by atoms with Gasteiger partial charge in [0.1, 0.15) is 0 Å². The summed E-state index contributed by atoms with van der Waals surface area (Å²) in [5.41, 5.74) is 1.98. The van der Waals surface area contributed by atoms with Crippen molar-refractivity contribution in [1.82, 2.24) is 14.5 Å². The summed E-state index contributed by atoms with van der Waals surface area (Å²) in [6, 6.07) is 7.77. The van der Waals surface area contributed by atoms with Crippen molar-refractivity contribution in [3.63, 3.8) is 0 Å². The molecular formula is C21H36N4O4S. The summed E-state index contributed by atoms with van der Waals surface area (Å²) < 4.78 is 31.9. The van der Waals surface area contributed by atoms with Gasteiger partial charge in [-0.05, 0) is 33.3 Å². The number of aliphatic hydroxyl groups is 1. The number of aliphatic imine (C=N–C) groups is 1. The average molecular weight is 441 g/mol. The highest BCUT2D eigenvalue weighted by Crippen LogP contribution is 2.15. The fraction of sp³-hybridized carbons (Fsp3) is 0.667. The zero-order chi connectivity index (χ0) is 22.1. The summed E-state index contributed by atoms with van der Waals surface area (Å²) >= 11 is 0. The van der Waals surface area contributed by atoms with Gasteiger partial charge in [0.2, 0.25) is 10.0 Å². The van der Waals surface area contributed by atoms with Gasteiger partial charge in [0.15, 0.2) is 5.96 Å². The summed E-state index contributed by atoms with van der Waals surface area (Å²) in [4.78, 5) is 6.63. The number of piperazine rings is 1. The maximum atomic E-state index is 12.5. The molecule has 1 fully saturated rings. The van der Waals surface area contributed by atoms with Crippen molar-refractivity contribution in [2.24, 2.45) is 4.99 Å². The summed E-state index contributed by atoms with van der Waals surface area (Å²) in [6.45, 7) is 10.9. The predicted molar refractivity (Wildman–Crippen MR) is 120 cm³/mol. The molecule has 170 valence electrons. The number of nitrogens with one attached hydrogen (secondary N) is 1. The first-order valence-corrected chi connectivity index (χ1v) is 12.2. The Labute approximate surface area is 181 Å². The van der Waals surface area contributed by atoms with Crippen molar-refractivity contribution in [2.45, 2.75) is 39.9 Å². The summed E-state index contributed by atoms with van der Waals surface area (Å²) in [5.74, 6) is 0.700. The van der Waals surface area contributed by atoms with Crippen LogP contribution in [0.3, 0.4) is 0 Å². The van der Waals surface area contributed by atoms with Crippen LogP contribution in [0.2, 0.25) is 0 Å². The van der Waals surface area contributed by atoms with Crippen molar-refractivity contribution in [1.29, 1.82) is 0 Å². The molecule has 0 aromatic heterocycles. The van der Waals surface area contributed by atoms with Crippen LogP contribution in [0.25, 0.3) is 0 Å². The number of aryl methyl sites for hydroxylation is 1. The van der Waals surface area contributed by atoms with E-state index in [-0.39, 0.29) is 25.0 Å². The van der Waals surface area contributed by atoms with Gasteiger partial charge in [-0.3, -0.25) is 4.99 Å². The van der Waals surface area contributed by atoms with Crippen LogP contribution in [0, 0.1) is 6.92 Å². The second-order valence-corrected chi connectivity index (χ2v) is 9.83. The number of nitrogens with zero attached hydrogens (tertiary/aromatic N) is 3. The molecular weight excluding hydrogens is 404 g/mol. The summed E-state index contributed by atoms with van der Waals surface area (Å²) in [7, 11) is -3.32. The molecule has 2 N–H and O–H groups in total. The molecule has 8 nitrogen and oxygen atoms in total. The van der Waals surface area contributed by atoms with Crippen molar-refractivity contribution in [3.05, 3.63) is 35.4 Å². The first-order valence-electron chi connectivity index (χ1n) is 10.6. The summed E-state index contributed by atoms with van der Waals surface area (Å²) in [5, 5.41) is 13.7. The van der Waals surface area contributed by atoms with Crippen LogP contribution in [0.4, 0.5) is 0 Å². The van der Waals surface area contributed by atoms with Gasteiger partial charge in [0.25, 0.3) is 0 Å². The SMILES string of the molecule is CCNC(=NCC(O)c1ccc(C)cc1)N1CCN(S(=O)(=O)CCOC(C)C)CC1. The molecule has 9 heteroatoms. The number of benzene rings is 1. The zero-order valence-electron chi connectivity index (χ0n) is 18.5. The number of guanidine groups is 1. The Morgan fingerprint density at radius 1 is 1.20 bits per heavy atom. The minimum atomic E-state index is -3.32. The number of hydrogen-bond acceptors (Lipinski definition) is 5. The van der Waals surface area contributed by atoms with Crippen LogP contribution < -0.4 is 5.32 Å². The van der Waals surface area contributed by atoms with Crippen molar-refractivity contribution < 1.29 is 18.3 Å². The van der Waals surface area contributed by atoms with E-state index in [1.807, 2.05) is 56.9 Å². The van der Waals surface area contributed by atoms with Gasteiger partial charge in [-0.1, -0.05) is 29.8 Å². The lowest BCUT2D eigenvalue weighted by atomic mass is 10.1. The fourth-order valence-corrected chi connectivity index (χ4v) is 4.47. The van der Waals surface area contributed by atoms with Crippen molar-refractivity contribution in [3.8, 4) is 0 Å². The maximum absolute atomic E-state index is 12.5. The normalized spacial score (nSPS) is 17.4. The van der Waals surface area contributed by atoms with Crippen LogP contribution in [0.1, 0.15) is 38.0 Å². The van der Waals surface area contributed by atoms with E-state index in [0.29, 0.717) is 38.7 Å². The lowest BCUT2D eigenvalue weighted by Crippen LogP contribution is -2.54. The fourth-order valence-electron chi connectivity index (χ4n) is 3.19.